The molecule has 0 unspecified atom stereocenters. The number of carbonyl (C=O) groups excluding carboxylic acids is 2. The number of pyridine rings is 1. The number of amides is 2. The van der Waals surface area contributed by atoms with E-state index in [0.717, 1.165) is 0 Å². The first-order valence-electron chi connectivity index (χ1n) is 7.59. The number of hydrogen-bond donors (Lipinski definition) is 1. The SMILES string of the molecule is O=C1C[C@@H]2CN(C(=O)c3cccc(-n4cnnc4)n3)C[C@@H]2CN1. The molecule has 0 aromatic carbocycles. The van der Waals surface area contributed by atoms with Gasteiger partial charge in [0.2, 0.25) is 5.91 Å². The van der Waals surface area contributed by atoms with Gasteiger partial charge in [-0.15, -0.1) is 10.2 Å². The zero-order valence-electron chi connectivity index (χ0n) is 12.4. The molecule has 2 fully saturated rings. The third-order valence-corrected chi connectivity index (χ3v) is 4.51. The first-order valence-corrected chi connectivity index (χ1v) is 7.59. The second kappa shape index (κ2) is 5.45. The molecule has 23 heavy (non-hydrogen) atoms. The average Bonchev–Trinajstić information content (AvgIpc) is 3.23. The van der Waals surface area contributed by atoms with Crippen LogP contribution in [0.25, 0.3) is 5.82 Å². The van der Waals surface area contributed by atoms with Crippen LogP contribution in [0, 0.1) is 11.8 Å². The Bertz CT molecular complexity index is 744. The lowest BCUT2D eigenvalue weighted by Gasteiger charge is -2.23. The summed E-state index contributed by atoms with van der Waals surface area (Å²) < 4.78 is 1.66. The number of nitrogens with zero attached hydrogens (tertiary/aromatic N) is 5. The van der Waals surface area contributed by atoms with Crippen LogP contribution in [0.3, 0.4) is 0 Å². The molecule has 2 atom stereocenters. The molecule has 2 amide bonds. The fourth-order valence-corrected chi connectivity index (χ4v) is 3.29. The van der Waals surface area contributed by atoms with Gasteiger partial charge in [0, 0.05) is 26.1 Å². The highest BCUT2D eigenvalue weighted by atomic mass is 16.2. The zero-order valence-corrected chi connectivity index (χ0v) is 12.4. The molecular weight excluding hydrogens is 296 g/mol. The zero-order chi connectivity index (χ0) is 15.8. The standard InChI is InChI=1S/C15H16N6O2/c22-14-4-10-6-20(7-11(10)5-16-14)15(23)12-2-1-3-13(19-12)21-8-17-18-9-21/h1-3,8-11H,4-7H2,(H,16,22)/t10-,11+/m1/s1. The van der Waals surface area contributed by atoms with Crippen LogP contribution in [-0.2, 0) is 4.79 Å². The Morgan fingerprint density at radius 1 is 1.17 bits per heavy atom. The summed E-state index contributed by atoms with van der Waals surface area (Å²) in [5, 5.41) is 10.4. The number of hydrogen-bond acceptors (Lipinski definition) is 5. The van der Waals surface area contributed by atoms with Gasteiger partial charge in [-0.25, -0.2) is 4.98 Å². The quantitative estimate of drug-likeness (QED) is 0.834. The highest BCUT2D eigenvalue weighted by molar-refractivity contribution is 5.92. The van der Waals surface area contributed by atoms with Crippen LogP contribution in [0.15, 0.2) is 30.9 Å². The van der Waals surface area contributed by atoms with Crippen molar-refractivity contribution in [3.05, 3.63) is 36.5 Å². The molecule has 2 aromatic rings. The molecule has 8 heteroatoms. The van der Waals surface area contributed by atoms with Gasteiger partial charge in [-0.3, -0.25) is 14.2 Å². The van der Waals surface area contributed by atoms with Crippen LogP contribution in [0.4, 0.5) is 0 Å². The maximum Gasteiger partial charge on any atom is 0.272 e. The summed E-state index contributed by atoms with van der Waals surface area (Å²) in [6, 6.07) is 5.30. The normalized spacial score (nSPS) is 23.5. The van der Waals surface area contributed by atoms with E-state index in [9.17, 15) is 9.59 Å². The molecule has 118 valence electrons. The lowest BCUT2D eigenvalue weighted by Crippen LogP contribution is -2.40. The minimum absolute atomic E-state index is 0.0771. The van der Waals surface area contributed by atoms with E-state index in [-0.39, 0.29) is 17.7 Å². The van der Waals surface area contributed by atoms with Crippen molar-refractivity contribution >= 4 is 11.8 Å². The van der Waals surface area contributed by atoms with Crippen molar-refractivity contribution in [1.82, 2.24) is 30.0 Å². The van der Waals surface area contributed by atoms with Gasteiger partial charge in [0.15, 0.2) is 0 Å². The fraction of sp³-hybridized carbons (Fsp3) is 0.400. The smallest absolute Gasteiger partial charge is 0.272 e. The number of rotatable bonds is 2. The van der Waals surface area contributed by atoms with E-state index in [1.54, 1.807) is 27.7 Å². The Kier molecular flexibility index (Phi) is 3.29. The van der Waals surface area contributed by atoms with Gasteiger partial charge in [-0.1, -0.05) is 6.07 Å². The first kappa shape index (κ1) is 13.9. The molecular formula is C15H16N6O2. The molecule has 0 aliphatic carbocycles. The van der Waals surface area contributed by atoms with Crippen molar-refractivity contribution in [2.45, 2.75) is 6.42 Å². The Morgan fingerprint density at radius 2 is 1.96 bits per heavy atom. The van der Waals surface area contributed by atoms with Crippen molar-refractivity contribution in [3.63, 3.8) is 0 Å². The molecule has 4 rings (SSSR count). The topological polar surface area (TPSA) is 93.0 Å². The second-order valence-electron chi connectivity index (χ2n) is 5.99. The van der Waals surface area contributed by atoms with Crippen LogP contribution in [0.2, 0.25) is 0 Å². The fourth-order valence-electron chi connectivity index (χ4n) is 3.29. The highest BCUT2D eigenvalue weighted by Crippen LogP contribution is 2.29. The third kappa shape index (κ3) is 2.56. The van der Waals surface area contributed by atoms with Crippen molar-refractivity contribution in [1.29, 1.82) is 0 Å². The minimum atomic E-state index is -0.0956. The third-order valence-electron chi connectivity index (χ3n) is 4.51. The number of carbonyl (C=O) groups is 2. The van der Waals surface area contributed by atoms with E-state index in [1.807, 2.05) is 0 Å². The average molecular weight is 312 g/mol. The van der Waals surface area contributed by atoms with Gasteiger partial charge in [0.05, 0.1) is 0 Å². The second-order valence-corrected chi connectivity index (χ2v) is 5.99. The Balaban J connectivity index is 1.54. The maximum atomic E-state index is 12.7. The molecule has 2 aliphatic rings. The summed E-state index contributed by atoms with van der Waals surface area (Å²) in [4.78, 5) is 30.4. The highest BCUT2D eigenvalue weighted by Gasteiger charge is 2.39. The molecule has 0 saturated carbocycles. The van der Waals surface area contributed by atoms with Gasteiger partial charge in [-0.05, 0) is 24.0 Å². The largest absolute Gasteiger partial charge is 0.356 e. The van der Waals surface area contributed by atoms with E-state index in [0.29, 0.717) is 43.5 Å². The van der Waals surface area contributed by atoms with E-state index in [1.165, 1.54) is 12.7 Å². The van der Waals surface area contributed by atoms with Crippen LogP contribution in [0.5, 0.6) is 0 Å². The minimum Gasteiger partial charge on any atom is -0.356 e. The Labute approximate surface area is 132 Å². The number of nitrogens with one attached hydrogen (secondary N) is 1. The van der Waals surface area contributed by atoms with Crippen LogP contribution >= 0.6 is 0 Å². The number of aromatic nitrogens is 4. The molecule has 8 nitrogen and oxygen atoms in total. The van der Waals surface area contributed by atoms with Crippen LogP contribution in [0.1, 0.15) is 16.9 Å². The van der Waals surface area contributed by atoms with E-state index in [2.05, 4.69) is 20.5 Å². The number of likely N-dealkylation sites (tertiary alicyclic amines) is 1. The Morgan fingerprint density at radius 3 is 2.78 bits per heavy atom. The predicted octanol–water partition coefficient (Wildman–Crippen LogP) is -0.130. The molecule has 0 radical (unpaired) electrons. The van der Waals surface area contributed by atoms with E-state index < -0.39 is 0 Å². The lowest BCUT2D eigenvalue weighted by molar-refractivity contribution is -0.124. The van der Waals surface area contributed by atoms with Gasteiger partial charge < -0.3 is 10.2 Å². The number of fused-ring (bicyclic) bond motifs is 1. The summed E-state index contributed by atoms with van der Waals surface area (Å²) in [6.07, 6.45) is 3.58. The molecule has 0 spiro atoms. The monoisotopic (exact) mass is 312 g/mol. The van der Waals surface area contributed by atoms with Gasteiger partial charge in [0.25, 0.3) is 5.91 Å². The van der Waals surface area contributed by atoms with Crippen LogP contribution < -0.4 is 5.32 Å². The summed E-state index contributed by atoms with van der Waals surface area (Å²) in [7, 11) is 0. The Hall–Kier alpha value is -2.77. The van der Waals surface area contributed by atoms with E-state index >= 15 is 0 Å². The lowest BCUT2D eigenvalue weighted by atomic mass is 9.89. The molecule has 2 saturated heterocycles. The summed E-state index contributed by atoms with van der Waals surface area (Å²) in [5.74, 6) is 1.19. The number of piperidine rings is 1. The van der Waals surface area contributed by atoms with Gasteiger partial charge in [0.1, 0.15) is 24.2 Å². The molecule has 2 aliphatic heterocycles. The predicted molar refractivity (Wildman–Crippen MR) is 79.7 cm³/mol. The van der Waals surface area contributed by atoms with Crippen molar-refractivity contribution in [2.24, 2.45) is 11.8 Å². The van der Waals surface area contributed by atoms with Crippen molar-refractivity contribution in [2.75, 3.05) is 19.6 Å². The molecule has 2 aromatic heterocycles. The summed E-state index contributed by atoms with van der Waals surface area (Å²) >= 11 is 0. The summed E-state index contributed by atoms with van der Waals surface area (Å²) in [6.45, 7) is 1.94. The van der Waals surface area contributed by atoms with E-state index in [4.69, 9.17) is 0 Å². The maximum absolute atomic E-state index is 12.7. The van der Waals surface area contributed by atoms with Crippen molar-refractivity contribution < 1.29 is 9.59 Å². The van der Waals surface area contributed by atoms with Gasteiger partial charge in [-0.2, -0.15) is 0 Å². The summed E-state index contributed by atoms with van der Waals surface area (Å²) in [5.41, 5.74) is 0.397. The molecule has 1 N–H and O–H groups in total. The molecule has 4 heterocycles. The van der Waals surface area contributed by atoms with Crippen LogP contribution in [-0.4, -0.2) is 56.1 Å². The molecule has 0 bridgehead atoms. The van der Waals surface area contributed by atoms with Crippen molar-refractivity contribution in [3.8, 4) is 5.82 Å². The van der Waals surface area contributed by atoms with Gasteiger partial charge >= 0.3 is 0 Å². The first-order chi connectivity index (χ1) is 11.2.